The standard InChI is InChI=1S/C4H9.Al.O/c1-3-4-2;;/h3H,4H2,1-2H3;;. The molecule has 34 valence electrons. The van der Waals surface area contributed by atoms with Crippen molar-refractivity contribution in [3.05, 3.63) is 0 Å². The normalized spacial score (nSPS) is 13.0. The maximum absolute atomic E-state index is 9.94. The van der Waals surface area contributed by atoms with Crippen LogP contribution in [-0.2, 0) is 3.80 Å². The quantitative estimate of drug-likeness (QED) is 0.477. The van der Waals surface area contributed by atoms with Crippen molar-refractivity contribution in [3.63, 3.8) is 0 Å². The molecule has 2 heteroatoms. The molecule has 0 heterocycles. The first kappa shape index (κ1) is 6.33. The van der Waals surface area contributed by atoms with Gasteiger partial charge < -0.3 is 0 Å². The average molecular weight is 100 g/mol. The number of rotatable bonds is 2. The van der Waals surface area contributed by atoms with E-state index in [2.05, 4.69) is 6.92 Å². The number of hydrogen-bond acceptors (Lipinski definition) is 1. The molecule has 0 amide bonds. The molecular formula is C4H9AlO. The van der Waals surface area contributed by atoms with Gasteiger partial charge in [-0.2, -0.15) is 0 Å². The van der Waals surface area contributed by atoms with E-state index < -0.39 is 15.2 Å². The van der Waals surface area contributed by atoms with Crippen LogP contribution in [0, 0.1) is 0 Å². The van der Waals surface area contributed by atoms with Gasteiger partial charge in [-0.3, -0.25) is 0 Å². The van der Waals surface area contributed by atoms with Gasteiger partial charge in [-0.15, -0.1) is 0 Å². The van der Waals surface area contributed by atoms with Crippen LogP contribution in [0.25, 0.3) is 0 Å². The van der Waals surface area contributed by atoms with Crippen molar-refractivity contribution < 1.29 is 3.80 Å². The zero-order chi connectivity index (χ0) is 4.99. The van der Waals surface area contributed by atoms with Crippen LogP contribution in [0.5, 0.6) is 0 Å². The van der Waals surface area contributed by atoms with Gasteiger partial charge in [-0.05, 0) is 0 Å². The van der Waals surface area contributed by atoms with Gasteiger partial charge in [0.05, 0.1) is 0 Å². The molecule has 0 bridgehead atoms. The zero-order valence-corrected chi connectivity index (χ0v) is 5.42. The van der Waals surface area contributed by atoms with Crippen molar-refractivity contribution in [2.75, 3.05) is 0 Å². The molecule has 6 heavy (non-hydrogen) atoms. The van der Waals surface area contributed by atoms with E-state index in [4.69, 9.17) is 0 Å². The van der Waals surface area contributed by atoms with Gasteiger partial charge in [-0.25, -0.2) is 0 Å². The molecule has 0 aromatic rings. The Kier molecular flexibility index (Phi) is 3.72. The molecule has 0 spiro atoms. The second-order valence-electron chi connectivity index (χ2n) is 1.52. The molecule has 0 aromatic heterocycles. The minimum absolute atomic E-state index is 0.463. The third-order valence-electron chi connectivity index (χ3n) is 0.876. The van der Waals surface area contributed by atoms with Crippen LogP contribution in [0.4, 0.5) is 0 Å². The molecule has 0 aromatic carbocycles. The predicted molar refractivity (Wildman–Crippen MR) is 26.2 cm³/mol. The zero-order valence-electron chi connectivity index (χ0n) is 4.27. The summed E-state index contributed by atoms with van der Waals surface area (Å²) < 4.78 is 10.4. The summed E-state index contributed by atoms with van der Waals surface area (Å²) >= 11 is -0.515. The summed E-state index contributed by atoms with van der Waals surface area (Å²) in [6, 6.07) is 0. The Balaban J connectivity index is 2.96. The van der Waals surface area contributed by atoms with E-state index in [1.165, 1.54) is 0 Å². The molecule has 0 N–H and O–H groups in total. The molecule has 1 unspecified atom stereocenters. The molecule has 0 fully saturated rings. The summed E-state index contributed by atoms with van der Waals surface area (Å²) in [6.45, 7) is 4.05. The monoisotopic (exact) mass is 100 g/mol. The van der Waals surface area contributed by atoms with Gasteiger partial charge in [0.1, 0.15) is 0 Å². The summed E-state index contributed by atoms with van der Waals surface area (Å²) in [4.78, 5) is 0. The second-order valence-corrected chi connectivity index (χ2v) is 2.93. The molecule has 0 aliphatic heterocycles. The summed E-state index contributed by atoms with van der Waals surface area (Å²) in [5.41, 5.74) is 0. The van der Waals surface area contributed by atoms with Crippen LogP contribution in [0.15, 0.2) is 0 Å². The van der Waals surface area contributed by atoms with Gasteiger partial charge in [0.25, 0.3) is 0 Å². The molecule has 0 saturated carbocycles. The Bertz CT molecular complexity index is 44.8. The van der Waals surface area contributed by atoms with Gasteiger partial charge in [0.2, 0.25) is 0 Å². The summed E-state index contributed by atoms with van der Waals surface area (Å²) in [5, 5.41) is 0. The van der Waals surface area contributed by atoms with Crippen molar-refractivity contribution in [2.24, 2.45) is 0 Å². The van der Waals surface area contributed by atoms with E-state index in [0.29, 0.717) is 4.78 Å². The van der Waals surface area contributed by atoms with E-state index in [1.54, 1.807) is 0 Å². The summed E-state index contributed by atoms with van der Waals surface area (Å²) in [6.07, 6.45) is 1.05. The fourth-order valence-electron chi connectivity index (χ4n) is 0.0962. The van der Waals surface area contributed by atoms with Crippen LogP contribution >= 0.6 is 0 Å². The topological polar surface area (TPSA) is 17.1 Å². The number of hydrogen-bond donors (Lipinski definition) is 0. The Morgan fingerprint density at radius 2 is 2.33 bits per heavy atom. The van der Waals surface area contributed by atoms with Gasteiger partial charge in [0, 0.05) is 0 Å². The van der Waals surface area contributed by atoms with Crippen molar-refractivity contribution in [3.8, 4) is 0 Å². The molecule has 0 saturated heterocycles. The van der Waals surface area contributed by atoms with Crippen LogP contribution in [0.1, 0.15) is 20.3 Å². The van der Waals surface area contributed by atoms with Crippen molar-refractivity contribution in [2.45, 2.75) is 25.0 Å². The van der Waals surface area contributed by atoms with Crippen molar-refractivity contribution in [1.29, 1.82) is 0 Å². The van der Waals surface area contributed by atoms with E-state index >= 15 is 0 Å². The fourth-order valence-corrected chi connectivity index (χ4v) is 0.289. The van der Waals surface area contributed by atoms with Crippen LogP contribution in [0.3, 0.4) is 0 Å². The molecular weight excluding hydrogens is 91.0 g/mol. The summed E-state index contributed by atoms with van der Waals surface area (Å²) in [7, 11) is 0. The van der Waals surface area contributed by atoms with E-state index in [9.17, 15) is 3.80 Å². The predicted octanol–water partition coefficient (Wildman–Crippen LogP) is 1.25. The minimum atomic E-state index is -0.515. The first-order chi connectivity index (χ1) is 2.81. The average Bonchev–Trinajstić information content (AvgIpc) is 1.65. The first-order valence-corrected chi connectivity index (χ1v) is 3.40. The van der Waals surface area contributed by atoms with Gasteiger partial charge in [-0.1, -0.05) is 0 Å². The van der Waals surface area contributed by atoms with Gasteiger partial charge in [0.15, 0.2) is 0 Å². The SMILES string of the molecule is CC[CH](C)[Al]=[O]. The van der Waals surface area contributed by atoms with E-state index in [0.717, 1.165) is 6.42 Å². The Hall–Kier alpha value is 0.332. The first-order valence-electron chi connectivity index (χ1n) is 2.26. The fraction of sp³-hybridized carbons (Fsp3) is 1.00. The maximum atomic E-state index is 9.94. The third-order valence-corrected chi connectivity index (χ3v) is 1.81. The second kappa shape index (κ2) is 3.52. The molecule has 1 atom stereocenters. The van der Waals surface area contributed by atoms with E-state index in [-0.39, 0.29) is 0 Å². The molecule has 0 rings (SSSR count). The van der Waals surface area contributed by atoms with Crippen LogP contribution in [0.2, 0.25) is 4.78 Å². The van der Waals surface area contributed by atoms with Gasteiger partial charge >= 0.3 is 44.0 Å². The Morgan fingerprint density at radius 3 is 2.33 bits per heavy atom. The Morgan fingerprint density at radius 1 is 1.83 bits per heavy atom. The van der Waals surface area contributed by atoms with Crippen molar-refractivity contribution in [1.82, 2.24) is 0 Å². The summed E-state index contributed by atoms with van der Waals surface area (Å²) in [5.74, 6) is 0. The third kappa shape index (κ3) is 2.56. The van der Waals surface area contributed by atoms with Crippen molar-refractivity contribution >= 4 is 15.2 Å². The molecule has 0 aliphatic carbocycles. The molecule has 0 aliphatic rings. The van der Waals surface area contributed by atoms with Crippen LogP contribution in [-0.4, -0.2) is 15.2 Å². The van der Waals surface area contributed by atoms with E-state index in [1.807, 2.05) is 6.92 Å². The van der Waals surface area contributed by atoms with Crippen LogP contribution < -0.4 is 0 Å². The molecule has 0 radical (unpaired) electrons. The Labute approximate surface area is 44.7 Å². The molecule has 1 nitrogen and oxygen atoms in total.